The minimum absolute atomic E-state index is 0.0759. The number of amides is 1. The van der Waals surface area contributed by atoms with Crippen LogP contribution in [0.1, 0.15) is 51.5 Å². The van der Waals surface area contributed by atoms with Gasteiger partial charge in [0.15, 0.2) is 5.96 Å². The first-order valence-electron chi connectivity index (χ1n) is 10.6. The van der Waals surface area contributed by atoms with Gasteiger partial charge in [0.1, 0.15) is 6.54 Å². The van der Waals surface area contributed by atoms with Crippen LogP contribution in [0.5, 0.6) is 0 Å². The highest BCUT2D eigenvalue weighted by Crippen LogP contribution is 2.40. The zero-order valence-corrected chi connectivity index (χ0v) is 17.4. The fraction of sp³-hybridized carbons (Fsp3) is 0.636. The van der Waals surface area contributed by atoms with Crippen molar-refractivity contribution in [3.8, 4) is 0 Å². The van der Waals surface area contributed by atoms with Gasteiger partial charge < -0.3 is 20.7 Å². The number of aliphatic imine (C=N–C) groups is 1. The molecule has 1 aliphatic carbocycles. The van der Waals surface area contributed by atoms with Crippen LogP contribution in [0.2, 0.25) is 0 Å². The monoisotopic (exact) mass is 388 g/mol. The number of guanidine groups is 1. The molecule has 0 saturated heterocycles. The molecule has 0 atom stereocenters. The van der Waals surface area contributed by atoms with Crippen LogP contribution >= 0.6 is 0 Å². The lowest BCUT2D eigenvalue weighted by Gasteiger charge is -2.30. The van der Waals surface area contributed by atoms with Crippen LogP contribution in [0.25, 0.3) is 0 Å². The summed E-state index contributed by atoms with van der Waals surface area (Å²) < 4.78 is 5.59. The molecule has 1 amide bonds. The Morgan fingerprint density at radius 3 is 2.54 bits per heavy atom. The maximum Gasteiger partial charge on any atom is 0.242 e. The first kappa shape index (κ1) is 22.2. The van der Waals surface area contributed by atoms with Gasteiger partial charge in [-0.3, -0.25) is 4.79 Å². The van der Waals surface area contributed by atoms with Crippen molar-refractivity contribution in [1.82, 2.24) is 16.0 Å². The predicted molar refractivity (Wildman–Crippen MR) is 114 cm³/mol. The molecule has 156 valence electrons. The number of nitrogens with one attached hydrogen (secondary N) is 3. The third kappa shape index (κ3) is 7.89. The molecule has 1 aromatic carbocycles. The van der Waals surface area contributed by atoms with Crippen molar-refractivity contribution < 1.29 is 9.53 Å². The lowest BCUT2D eigenvalue weighted by Crippen LogP contribution is -2.44. The molecular weight excluding hydrogens is 352 g/mol. The molecule has 1 saturated carbocycles. The van der Waals surface area contributed by atoms with E-state index in [1.165, 1.54) is 25.7 Å². The number of ether oxygens (including phenoxy) is 1. The summed E-state index contributed by atoms with van der Waals surface area (Å²) in [5.41, 5.74) is 1.36. The first-order chi connectivity index (χ1) is 13.7. The maximum atomic E-state index is 12.1. The molecule has 0 bridgehead atoms. The topological polar surface area (TPSA) is 74.8 Å². The van der Waals surface area contributed by atoms with Crippen LogP contribution in [0.3, 0.4) is 0 Å². The summed E-state index contributed by atoms with van der Waals surface area (Å²) in [5.74, 6) is 0.632. The molecule has 0 unspecified atom stereocenters. The van der Waals surface area contributed by atoms with E-state index >= 15 is 0 Å². The van der Waals surface area contributed by atoms with Crippen molar-refractivity contribution in [3.05, 3.63) is 35.9 Å². The van der Waals surface area contributed by atoms with E-state index in [2.05, 4.69) is 20.9 Å². The molecule has 0 aromatic heterocycles. The molecule has 0 heterocycles. The van der Waals surface area contributed by atoms with Gasteiger partial charge in [0.05, 0.1) is 0 Å². The minimum Gasteiger partial charge on any atom is -0.382 e. The Morgan fingerprint density at radius 2 is 1.86 bits per heavy atom. The fourth-order valence-electron chi connectivity index (χ4n) is 3.69. The number of hydrogen-bond acceptors (Lipinski definition) is 3. The van der Waals surface area contributed by atoms with Gasteiger partial charge in [-0.25, -0.2) is 4.99 Å². The van der Waals surface area contributed by atoms with Gasteiger partial charge in [0.25, 0.3) is 0 Å². The summed E-state index contributed by atoms with van der Waals surface area (Å²) >= 11 is 0. The second-order valence-corrected chi connectivity index (χ2v) is 7.47. The SMILES string of the molecule is CCNC(=NCC(=O)NCc1ccccc1)NCC1(CCOCC)CCCC1. The lowest BCUT2D eigenvalue weighted by atomic mass is 9.83. The lowest BCUT2D eigenvalue weighted by molar-refractivity contribution is -0.119. The molecule has 0 aliphatic heterocycles. The molecule has 1 fully saturated rings. The van der Waals surface area contributed by atoms with E-state index in [1.807, 2.05) is 44.2 Å². The third-order valence-electron chi connectivity index (χ3n) is 5.33. The average molecular weight is 389 g/mol. The van der Waals surface area contributed by atoms with Crippen LogP contribution < -0.4 is 16.0 Å². The van der Waals surface area contributed by atoms with Gasteiger partial charge in [0.2, 0.25) is 5.91 Å². The van der Waals surface area contributed by atoms with E-state index in [9.17, 15) is 4.79 Å². The number of rotatable bonds is 11. The van der Waals surface area contributed by atoms with Crippen molar-refractivity contribution in [2.45, 2.75) is 52.5 Å². The van der Waals surface area contributed by atoms with Gasteiger partial charge in [-0.1, -0.05) is 43.2 Å². The highest BCUT2D eigenvalue weighted by Gasteiger charge is 2.33. The molecule has 2 rings (SSSR count). The summed E-state index contributed by atoms with van der Waals surface area (Å²) in [6.07, 6.45) is 6.09. The highest BCUT2D eigenvalue weighted by atomic mass is 16.5. The van der Waals surface area contributed by atoms with E-state index < -0.39 is 0 Å². The molecule has 1 aliphatic rings. The summed E-state index contributed by atoms with van der Waals surface area (Å²) in [6.45, 7) is 7.94. The number of benzene rings is 1. The number of carbonyl (C=O) groups is 1. The Kier molecular flexibility index (Phi) is 9.83. The van der Waals surface area contributed by atoms with Crippen molar-refractivity contribution >= 4 is 11.9 Å². The highest BCUT2D eigenvalue weighted by molar-refractivity contribution is 5.84. The quantitative estimate of drug-likeness (QED) is 0.310. The predicted octanol–water partition coefficient (Wildman–Crippen LogP) is 2.84. The molecule has 6 heteroatoms. The van der Waals surface area contributed by atoms with Crippen LogP contribution in [0.4, 0.5) is 0 Å². The van der Waals surface area contributed by atoms with Crippen LogP contribution in [-0.4, -0.2) is 44.7 Å². The van der Waals surface area contributed by atoms with Crippen LogP contribution in [0.15, 0.2) is 35.3 Å². The Morgan fingerprint density at radius 1 is 1.11 bits per heavy atom. The summed E-state index contributed by atoms with van der Waals surface area (Å²) in [7, 11) is 0. The fourth-order valence-corrected chi connectivity index (χ4v) is 3.69. The first-order valence-corrected chi connectivity index (χ1v) is 10.6. The number of carbonyl (C=O) groups excluding carboxylic acids is 1. The Balaban J connectivity index is 1.82. The normalized spacial score (nSPS) is 16.0. The average Bonchev–Trinajstić information content (AvgIpc) is 3.18. The molecular formula is C22H36N4O2. The van der Waals surface area contributed by atoms with E-state index in [4.69, 9.17) is 4.74 Å². The standard InChI is InChI=1S/C22H36N4O2/c1-3-23-21(25-17-20(27)24-16-19-10-6-5-7-11-19)26-18-22(12-8-9-13-22)14-15-28-4-2/h5-7,10-11H,3-4,8-9,12-18H2,1-2H3,(H,24,27)(H2,23,25,26). The Hall–Kier alpha value is -2.08. The zero-order chi connectivity index (χ0) is 20.1. The maximum absolute atomic E-state index is 12.1. The molecule has 3 N–H and O–H groups in total. The van der Waals surface area contributed by atoms with Crippen molar-refractivity contribution in [2.24, 2.45) is 10.4 Å². The van der Waals surface area contributed by atoms with Gasteiger partial charge in [-0.2, -0.15) is 0 Å². The molecule has 0 radical (unpaired) electrons. The van der Waals surface area contributed by atoms with Crippen LogP contribution in [-0.2, 0) is 16.1 Å². The van der Waals surface area contributed by atoms with Crippen molar-refractivity contribution in [1.29, 1.82) is 0 Å². The third-order valence-corrected chi connectivity index (χ3v) is 5.33. The smallest absolute Gasteiger partial charge is 0.242 e. The molecule has 6 nitrogen and oxygen atoms in total. The Bertz CT molecular complexity index is 598. The van der Waals surface area contributed by atoms with E-state index in [-0.39, 0.29) is 17.9 Å². The number of nitrogens with zero attached hydrogens (tertiary/aromatic N) is 1. The summed E-state index contributed by atoms with van der Waals surface area (Å²) in [4.78, 5) is 16.6. The molecule has 28 heavy (non-hydrogen) atoms. The van der Waals surface area contributed by atoms with E-state index in [1.54, 1.807) is 0 Å². The van der Waals surface area contributed by atoms with Gasteiger partial charge in [-0.15, -0.1) is 0 Å². The second-order valence-electron chi connectivity index (χ2n) is 7.47. The van der Waals surface area contributed by atoms with Crippen molar-refractivity contribution in [3.63, 3.8) is 0 Å². The summed E-state index contributed by atoms with van der Waals surface area (Å²) in [6, 6.07) is 9.90. The zero-order valence-electron chi connectivity index (χ0n) is 17.4. The van der Waals surface area contributed by atoms with Gasteiger partial charge >= 0.3 is 0 Å². The minimum atomic E-state index is -0.0759. The van der Waals surface area contributed by atoms with Crippen molar-refractivity contribution in [2.75, 3.05) is 32.8 Å². The summed E-state index contributed by atoms with van der Waals surface area (Å²) in [5, 5.41) is 9.63. The largest absolute Gasteiger partial charge is 0.382 e. The number of hydrogen-bond donors (Lipinski definition) is 3. The second kappa shape index (κ2) is 12.4. The molecule has 1 aromatic rings. The van der Waals surface area contributed by atoms with Gasteiger partial charge in [-0.05, 0) is 44.1 Å². The van der Waals surface area contributed by atoms with E-state index in [0.29, 0.717) is 12.5 Å². The van der Waals surface area contributed by atoms with E-state index in [0.717, 1.165) is 38.3 Å². The van der Waals surface area contributed by atoms with Gasteiger partial charge in [0, 0.05) is 32.8 Å². The van der Waals surface area contributed by atoms with Crippen LogP contribution in [0, 0.1) is 5.41 Å². The Labute approximate surface area is 169 Å². The molecule has 0 spiro atoms.